The van der Waals surface area contributed by atoms with Crippen LogP contribution in [-0.2, 0) is 14.8 Å². The lowest BCUT2D eigenvalue weighted by Crippen LogP contribution is -2.32. The van der Waals surface area contributed by atoms with Gasteiger partial charge in [-0.3, -0.25) is 24.0 Å². The SMILES string of the molecule is COc1ccc(NC(=O)CCN2C(=O)c3ccccc3C2=O)cc1NS(=O)(=O)c1ccc(F)cc1. The summed E-state index contributed by atoms with van der Waals surface area (Å²) in [4.78, 5) is 38.2. The summed E-state index contributed by atoms with van der Waals surface area (Å²) in [7, 11) is -2.71. The van der Waals surface area contributed by atoms with Gasteiger partial charge in [-0.2, -0.15) is 0 Å². The number of anilines is 2. The minimum Gasteiger partial charge on any atom is -0.495 e. The summed E-state index contributed by atoms with van der Waals surface area (Å²) in [5.74, 6) is -1.79. The Labute approximate surface area is 200 Å². The number of fused-ring (bicyclic) bond motifs is 1. The Balaban J connectivity index is 1.44. The zero-order chi connectivity index (χ0) is 25.2. The van der Waals surface area contributed by atoms with Crippen LogP contribution in [0.3, 0.4) is 0 Å². The largest absolute Gasteiger partial charge is 0.495 e. The number of carbonyl (C=O) groups excluding carboxylic acids is 3. The molecule has 11 heteroatoms. The molecule has 4 rings (SSSR count). The van der Waals surface area contributed by atoms with Crippen LogP contribution in [-0.4, -0.2) is 44.7 Å². The van der Waals surface area contributed by atoms with Crippen LogP contribution >= 0.6 is 0 Å². The van der Waals surface area contributed by atoms with Crippen LogP contribution in [0.5, 0.6) is 5.75 Å². The van der Waals surface area contributed by atoms with Crippen molar-refractivity contribution in [3.63, 3.8) is 0 Å². The molecule has 3 aromatic rings. The number of ether oxygens (including phenoxy) is 1. The topological polar surface area (TPSA) is 122 Å². The monoisotopic (exact) mass is 497 g/mol. The molecule has 0 saturated carbocycles. The van der Waals surface area contributed by atoms with Crippen LogP contribution < -0.4 is 14.8 Å². The van der Waals surface area contributed by atoms with Gasteiger partial charge in [0.2, 0.25) is 5.91 Å². The smallest absolute Gasteiger partial charge is 0.262 e. The molecular weight excluding hydrogens is 477 g/mol. The van der Waals surface area contributed by atoms with Crippen LogP contribution in [0.1, 0.15) is 27.1 Å². The predicted molar refractivity (Wildman–Crippen MR) is 125 cm³/mol. The predicted octanol–water partition coefficient (Wildman–Crippen LogP) is 3.26. The summed E-state index contributed by atoms with van der Waals surface area (Å²) in [6.45, 7) is -0.113. The van der Waals surface area contributed by atoms with Crippen molar-refractivity contribution in [1.82, 2.24) is 4.90 Å². The highest BCUT2D eigenvalue weighted by Crippen LogP contribution is 2.30. The lowest BCUT2D eigenvalue weighted by atomic mass is 10.1. The van der Waals surface area contributed by atoms with Crippen LogP contribution in [0, 0.1) is 5.82 Å². The first-order chi connectivity index (χ1) is 16.7. The molecule has 1 aliphatic rings. The number of hydrogen-bond acceptors (Lipinski definition) is 6. The Hall–Kier alpha value is -4.25. The van der Waals surface area contributed by atoms with Gasteiger partial charge in [0.15, 0.2) is 0 Å². The lowest BCUT2D eigenvalue weighted by molar-refractivity contribution is -0.116. The molecule has 0 radical (unpaired) electrons. The molecular formula is C24H20FN3O6S. The van der Waals surface area contributed by atoms with Crippen molar-refractivity contribution >= 4 is 39.1 Å². The van der Waals surface area contributed by atoms with Crippen LogP contribution in [0.2, 0.25) is 0 Å². The van der Waals surface area contributed by atoms with E-state index in [1.807, 2.05) is 0 Å². The molecule has 0 aromatic heterocycles. The number of halogens is 1. The van der Waals surface area contributed by atoms with Gasteiger partial charge < -0.3 is 10.1 Å². The Bertz CT molecular complexity index is 1390. The number of nitrogens with one attached hydrogen (secondary N) is 2. The second-order valence-corrected chi connectivity index (χ2v) is 9.26. The highest BCUT2D eigenvalue weighted by Gasteiger charge is 2.35. The minimum atomic E-state index is -4.06. The summed E-state index contributed by atoms with van der Waals surface area (Å²) in [5, 5.41) is 2.61. The van der Waals surface area contributed by atoms with Gasteiger partial charge in [-0.1, -0.05) is 12.1 Å². The Morgan fingerprint density at radius 2 is 1.60 bits per heavy atom. The van der Waals surface area contributed by atoms with E-state index < -0.39 is 33.6 Å². The van der Waals surface area contributed by atoms with Crippen molar-refractivity contribution in [2.24, 2.45) is 0 Å². The molecule has 1 aliphatic heterocycles. The van der Waals surface area contributed by atoms with Gasteiger partial charge >= 0.3 is 0 Å². The number of amides is 3. The van der Waals surface area contributed by atoms with Gasteiger partial charge in [0.05, 0.1) is 28.8 Å². The Morgan fingerprint density at radius 3 is 2.20 bits per heavy atom. The van der Waals surface area contributed by atoms with Crippen molar-refractivity contribution in [3.8, 4) is 5.75 Å². The number of hydrogen-bond donors (Lipinski definition) is 2. The summed E-state index contributed by atoms with van der Waals surface area (Å²) < 4.78 is 46.1. The quantitative estimate of drug-likeness (QED) is 0.461. The summed E-state index contributed by atoms with van der Waals surface area (Å²) in [6, 6.07) is 15.1. The first kappa shape index (κ1) is 23.9. The summed E-state index contributed by atoms with van der Waals surface area (Å²) in [6.07, 6.45) is -0.159. The van der Waals surface area contributed by atoms with Crippen LogP contribution in [0.15, 0.2) is 71.6 Å². The number of benzene rings is 3. The average molecular weight is 498 g/mol. The molecule has 0 bridgehead atoms. The normalized spacial score (nSPS) is 12.9. The third-order valence-corrected chi connectivity index (χ3v) is 6.67. The van der Waals surface area contributed by atoms with Crippen molar-refractivity contribution in [1.29, 1.82) is 0 Å². The first-order valence-corrected chi connectivity index (χ1v) is 11.9. The van der Waals surface area contributed by atoms with Crippen LogP contribution in [0.25, 0.3) is 0 Å². The average Bonchev–Trinajstić information content (AvgIpc) is 3.07. The molecule has 0 aliphatic carbocycles. The van der Waals surface area contributed by atoms with Crippen molar-refractivity contribution in [3.05, 3.63) is 83.7 Å². The maximum Gasteiger partial charge on any atom is 0.262 e. The van der Waals surface area contributed by atoms with E-state index in [4.69, 9.17) is 4.74 Å². The van der Waals surface area contributed by atoms with Gasteiger partial charge in [0.1, 0.15) is 11.6 Å². The van der Waals surface area contributed by atoms with Gasteiger partial charge in [0, 0.05) is 18.7 Å². The number of sulfonamides is 1. The van der Waals surface area contributed by atoms with Gasteiger partial charge in [0.25, 0.3) is 21.8 Å². The van der Waals surface area contributed by atoms with Gasteiger partial charge in [-0.25, -0.2) is 12.8 Å². The molecule has 35 heavy (non-hydrogen) atoms. The van der Waals surface area contributed by atoms with E-state index in [9.17, 15) is 27.2 Å². The third-order valence-electron chi connectivity index (χ3n) is 5.29. The Morgan fingerprint density at radius 1 is 0.971 bits per heavy atom. The fourth-order valence-electron chi connectivity index (χ4n) is 3.56. The molecule has 2 N–H and O–H groups in total. The summed E-state index contributed by atoms with van der Waals surface area (Å²) in [5.41, 5.74) is 0.905. The molecule has 0 fully saturated rings. The zero-order valence-corrected chi connectivity index (χ0v) is 19.3. The van der Waals surface area contributed by atoms with E-state index in [0.717, 1.165) is 29.2 Å². The number of rotatable bonds is 8. The fourth-order valence-corrected chi connectivity index (χ4v) is 4.62. The van der Waals surface area contributed by atoms with E-state index in [0.29, 0.717) is 11.1 Å². The molecule has 0 spiro atoms. The van der Waals surface area contributed by atoms with Gasteiger partial charge in [-0.05, 0) is 54.6 Å². The highest BCUT2D eigenvalue weighted by atomic mass is 32.2. The molecule has 9 nitrogen and oxygen atoms in total. The highest BCUT2D eigenvalue weighted by molar-refractivity contribution is 7.92. The Kier molecular flexibility index (Phi) is 6.52. The maximum atomic E-state index is 13.2. The molecule has 0 unspecified atom stereocenters. The molecule has 1 heterocycles. The second-order valence-electron chi connectivity index (χ2n) is 7.58. The lowest BCUT2D eigenvalue weighted by Gasteiger charge is -2.15. The fraction of sp³-hybridized carbons (Fsp3) is 0.125. The van der Waals surface area contributed by atoms with Crippen molar-refractivity contribution < 1.29 is 31.9 Å². The third kappa shape index (κ3) is 4.99. The van der Waals surface area contributed by atoms with E-state index in [2.05, 4.69) is 10.0 Å². The number of carbonyl (C=O) groups is 3. The van der Waals surface area contributed by atoms with E-state index >= 15 is 0 Å². The summed E-state index contributed by atoms with van der Waals surface area (Å²) >= 11 is 0. The molecule has 3 amide bonds. The van der Waals surface area contributed by atoms with E-state index in [-0.39, 0.29) is 35.0 Å². The van der Waals surface area contributed by atoms with Crippen molar-refractivity contribution in [2.45, 2.75) is 11.3 Å². The molecule has 0 saturated heterocycles. The maximum absolute atomic E-state index is 13.2. The standard InChI is InChI=1S/C24H20FN3O6S/c1-34-21-11-8-16(14-20(21)27-35(32,33)17-9-6-15(25)7-10-17)26-22(29)12-13-28-23(30)18-4-2-3-5-19(18)24(28)31/h2-11,14,27H,12-13H2,1H3,(H,26,29). The van der Waals surface area contributed by atoms with E-state index in [1.165, 1.54) is 25.3 Å². The first-order valence-electron chi connectivity index (χ1n) is 10.4. The molecule has 3 aromatic carbocycles. The minimum absolute atomic E-state index is 0.0509. The second kappa shape index (κ2) is 9.55. The number of methoxy groups -OCH3 is 1. The number of imide groups is 1. The number of nitrogens with zero attached hydrogens (tertiary/aromatic N) is 1. The zero-order valence-electron chi connectivity index (χ0n) is 18.4. The van der Waals surface area contributed by atoms with E-state index in [1.54, 1.807) is 24.3 Å². The molecule has 180 valence electrons. The van der Waals surface area contributed by atoms with Gasteiger partial charge in [-0.15, -0.1) is 0 Å². The van der Waals surface area contributed by atoms with Crippen molar-refractivity contribution in [2.75, 3.05) is 23.7 Å². The van der Waals surface area contributed by atoms with Crippen LogP contribution in [0.4, 0.5) is 15.8 Å². The molecule has 0 atom stereocenters.